The number of fused-ring (bicyclic) bond motifs is 3. The summed E-state index contributed by atoms with van der Waals surface area (Å²) in [6.07, 6.45) is 5.61. The molecule has 1 aliphatic carbocycles. The largest absolute Gasteiger partial charge is 0.422 e. The Bertz CT molecular complexity index is 1120. The molecule has 1 spiro atoms. The zero-order valence-corrected chi connectivity index (χ0v) is 15.9. The molecular weight excluding hydrogens is 356 g/mol. The number of aromatic nitrogens is 3. The van der Waals surface area contributed by atoms with E-state index in [1.54, 1.807) is 6.92 Å². The smallest absolute Gasteiger partial charge is 0.283 e. The number of carbonyl (C=O) groups excluding carboxylic acids is 1. The number of rotatable bonds is 2. The summed E-state index contributed by atoms with van der Waals surface area (Å²) in [4.78, 5) is 35.4. The first-order valence-electron chi connectivity index (χ1n) is 9.74. The van der Waals surface area contributed by atoms with Crippen molar-refractivity contribution in [1.82, 2.24) is 19.4 Å². The van der Waals surface area contributed by atoms with Gasteiger partial charge in [0, 0.05) is 20.0 Å². The zero-order valence-electron chi connectivity index (χ0n) is 15.9. The van der Waals surface area contributed by atoms with Gasteiger partial charge in [-0.1, -0.05) is 24.3 Å². The van der Waals surface area contributed by atoms with Crippen LogP contribution in [0.1, 0.15) is 36.3 Å². The summed E-state index contributed by atoms with van der Waals surface area (Å²) in [5.74, 6) is 0.339. The molecule has 1 fully saturated rings. The first-order chi connectivity index (χ1) is 13.6. The molecular formula is C21H22N4O3. The fourth-order valence-electron chi connectivity index (χ4n) is 4.78. The molecule has 0 saturated carbocycles. The van der Waals surface area contributed by atoms with Crippen molar-refractivity contribution in [1.29, 1.82) is 0 Å². The summed E-state index contributed by atoms with van der Waals surface area (Å²) >= 11 is 0. The third kappa shape index (κ3) is 2.65. The van der Waals surface area contributed by atoms with Gasteiger partial charge in [0.2, 0.25) is 5.91 Å². The average molecular weight is 378 g/mol. The van der Waals surface area contributed by atoms with Crippen molar-refractivity contribution in [3.8, 4) is 0 Å². The van der Waals surface area contributed by atoms with Crippen molar-refractivity contribution >= 4 is 17.1 Å². The van der Waals surface area contributed by atoms with Crippen LogP contribution in [-0.2, 0) is 23.2 Å². The van der Waals surface area contributed by atoms with Crippen LogP contribution >= 0.6 is 0 Å². The minimum absolute atomic E-state index is 0.0166. The molecule has 144 valence electrons. The Morgan fingerprint density at radius 2 is 2.00 bits per heavy atom. The number of piperidine rings is 1. The topological polar surface area (TPSA) is 81.2 Å². The molecule has 1 aromatic carbocycles. The highest BCUT2D eigenvalue weighted by molar-refractivity contribution is 5.76. The Morgan fingerprint density at radius 1 is 1.21 bits per heavy atom. The lowest BCUT2D eigenvalue weighted by Crippen LogP contribution is -2.46. The van der Waals surface area contributed by atoms with Crippen molar-refractivity contribution in [2.45, 2.75) is 44.6 Å². The molecule has 3 heterocycles. The molecule has 0 atom stereocenters. The van der Waals surface area contributed by atoms with E-state index in [1.807, 2.05) is 4.90 Å². The number of amides is 1. The summed E-state index contributed by atoms with van der Waals surface area (Å²) < 4.78 is 6.60. The SMILES string of the molecule is Cc1nc2c(=O)n(CC(=O)N3CCC4(CCc5ccccc54)CC3)cnc2o1. The van der Waals surface area contributed by atoms with E-state index in [0.29, 0.717) is 5.89 Å². The summed E-state index contributed by atoms with van der Waals surface area (Å²) in [5, 5.41) is 0. The first kappa shape index (κ1) is 17.2. The number of aryl methyl sites for hydroxylation is 2. The van der Waals surface area contributed by atoms with Gasteiger partial charge in [-0.05, 0) is 42.2 Å². The second kappa shape index (κ2) is 6.29. The van der Waals surface area contributed by atoms with E-state index in [0.717, 1.165) is 32.4 Å². The third-order valence-electron chi connectivity index (χ3n) is 6.33. The van der Waals surface area contributed by atoms with Gasteiger partial charge < -0.3 is 9.32 Å². The highest BCUT2D eigenvalue weighted by Crippen LogP contribution is 2.46. The third-order valence-corrected chi connectivity index (χ3v) is 6.33. The highest BCUT2D eigenvalue weighted by atomic mass is 16.4. The number of benzene rings is 1. The van der Waals surface area contributed by atoms with Gasteiger partial charge >= 0.3 is 0 Å². The molecule has 0 radical (unpaired) electrons. The predicted octanol–water partition coefficient (Wildman–Crippen LogP) is 2.20. The number of oxazole rings is 1. The van der Waals surface area contributed by atoms with E-state index < -0.39 is 0 Å². The van der Waals surface area contributed by atoms with Crippen LogP contribution in [0.4, 0.5) is 0 Å². The molecule has 1 saturated heterocycles. The Balaban J connectivity index is 1.31. The Labute approximate surface area is 162 Å². The van der Waals surface area contributed by atoms with Crippen LogP contribution in [-0.4, -0.2) is 38.4 Å². The molecule has 0 N–H and O–H groups in total. The molecule has 2 aliphatic rings. The maximum Gasteiger partial charge on any atom is 0.283 e. The van der Waals surface area contributed by atoms with E-state index in [4.69, 9.17) is 4.42 Å². The van der Waals surface area contributed by atoms with Crippen molar-refractivity contribution in [3.05, 3.63) is 58.0 Å². The van der Waals surface area contributed by atoms with E-state index >= 15 is 0 Å². The molecule has 1 amide bonds. The fraction of sp³-hybridized carbons (Fsp3) is 0.429. The number of hydrogen-bond acceptors (Lipinski definition) is 5. The maximum atomic E-state index is 12.8. The molecule has 28 heavy (non-hydrogen) atoms. The molecule has 2 aromatic heterocycles. The quantitative estimate of drug-likeness (QED) is 0.683. The van der Waals surface area contributed by atoms with Gasteiger partial charge in [-0.2, -0.15) is 0 Å². The van der Waals surface area contributed by atoms with E-state index in [-0.39, 0.29) is 34.7 Å². The summed E-state index contributed by atoms with van der Waals surface area (Å²) in [5.41, 5.74) is 3.18. The molecule has 1 aliphatic heterocycles. The summed E-state index contributed by atoms with van der Waals surface area (Å²) in [7, 11) is 0. The number of likely N-dealkylation sites (tertiary alicyclic amines) is 1. The minimum Gasteiger partial charge on any atom is -0.422 e. The van der Waals surface area contributed by atoms with E-state index in [2.05, 4.69) is 34.2 Å². The Kier molecular flexibility index (Phi) is 3.86. The predicted molar refractivity (Wildman–Crippen MR) is 103 cm³/mol. The van der Waals surface area contributed by atoms with Gasteiger partial charge in [-0.25, -0.2) is 9.97 Å². The number of hydrogen-bond donors (Lipinski definition) is 0. The van der Waals surface area contributed by atoms with Gasteiger partial charge in [0.15, 0.2) is 11.4 Å². The van der Waals surface area contributed by atoms with E-state index in [1.165, 1.54) is 28.4 Å². The van der Waals surface area contributed by atoms with Gasteiger partial charge in [0.1, 0.15) is 12.9 Å². The van der Waals surface area contributed by atoms with Gasteiger partial charge in [-0.3, -0.25) is 14.2 Å². The van der Waals surface area contributed by atoms with Crippen molar-refractivity contribution in [2.75, 3.05) is 13.1 Å². The second-order valence-electron chi connectivity index (χ2n) is 7.88. The van der Waals surface area contributed by atoms with Crippen molar-refractivity contribution < 1.29 is 9.21 Å². The second-order valence-corrected chi connectivity index (χ2v) is 7.88. The molecule has 7 heteroatoms. The van der Waals surface area contributed by atoms with Crippen LogP contribution < -0.4 is 5.56 Å². The maximum absolute atomic E-state index is 12.8. The molecule has 7 nitrogen and oxygen atoms in total. The van der Waals surface area contributed by atoms with Crippen LogP contribution in [0.2, 0.25) is 0 Å². The fourth-order valence-corrected chi connectivity index (χ4v) is 4.78. The molecule has 3 aromatic rings. The lowest BCUT2D eigenvalue weighted by Gasteiger charge is -2.40. The van der Waals surface area contributed by atoms with Crippen LogP contribution in [0.15, 0.2) is 39.8 Å². The Hall–Kier alpha value is -2.96. The lowest BCUT2D eigenvalue weighted by molar-refractivity contribution is -0.133. The molecule has 5 rings (SSSR count). The van der Waals surface area contributed by atoms with Gasteiger partial charge in [0.05, 0.1) is 0 Å². The van der Waals surface area contributed by atoms with Crippen molar-refractivity contribution in [2.24, 2.45) is 0 Å². The number of carbonyl (C=O) groups is 1. The Morgan fingerprint density at radius 3 is 2.82 bits per heavy atom. The number of nitrogens with zero attached hydrogens (tertiary/aromatic N) is 4. The minimum atomic E-state index is -0.339. The van der Waals surface area contributed by atoms with Gasteiger partial charge in [0.25, 0.3) is 11.3 Å². The summed E-state index contributed by atoms with van der Waals surface area (Å²) in [6.45, 7) is 3.10. The average Bonchev–Trinajstić information content (AvgIpc) is 3.26. The monoisotopic (exact) mass is 378 g/mol. The molecule has 0 unspecified atom stereocenters. The standard InChI is InChI=1S/C21H22N4O3/c1-14-23-18-19(28-14)22-13-25(20(18)27)12-17(26)24-10-8-21(9-11-24)7-6-15-4-2-3-5-16(15)21/h2-5,13H,6-12H2,1H3. The highest BCUT2D eigenvalue weighted by Gasteiger charge is 2.41. The van der Waals surface area contributed by atoms with Gasteiger partial charge in [-0.15, -0.1) is 0 Å². The lowest BCUT2D eigenvalue weighted by atomic mass is 9.74. The van der Waals surface area contributed by atoms with E-state index in [9.17, 15) is 9.59 Å². The van der Waals surface area contributed by atoms with Crippen LogP contribution in [0.25, 0.3) is 11.2 Å². The summed E-state index contributed by atoms with van der Waals surface area (Å²) in [6, 6.07) is 8.70. The normalized spacial score (nSPS) is 18.0. The van der Waals surface area contributed by atoms with Crippen LogP contribution in [0.5, 0.6) is 0 Å². The van der Waals surface area contributed by atoms with Crippen molar-refractivity contribution in [3.63, 3.8) is 0 Å². The van der Waals surface area contributed by atoms with Crippen LogP contribution in [0.3, 0.4) is 0 Å². The van der Waals surface area contributed by atoms with Crippen LogP contribution in [0, 0.1) is 6.92 Å². The molecule has 0 bridgehead atoms. The zero-order chi connectivity index (χ0) is 19.3. The first-order valence-corrected chi connectivity index (χ1v) is 9.74.